The van der Waals surface area contributed by atoms with E-state index in [0.29, 0.717) is 11.5 Å². The molecule has 0 saturated carbocycles. The van der Waals surface area contributed by atoms with E-state index in [1.54, 1.807) is 18.2 Å². The molecule has 3 aromatic rings. The predicted octanol–water partition coefficient (Wildman–Crippen LogP) is 1.93. The van der Waals surface area contributed by atoms with Gasteiger partial charge in [-0.1, -0.05) is 18.2 Å². The van der Waals surface area contributed by atoms with Gasteiger partial charge in [0.25, 0.3) is 0 Å². The van der Waals surface area contributed by atoms with Gasteiger partial charge in [-0.15, -0.1) is 0 Å². The molecule has 1 radical (unpaired) electrons. The van der Waals surface area contributed by atoms with Crippen LogP contribution in [0.3, 0.4) is 0 Å². The van der Waals surface area contributed by atoms with Crippen LogP contribution in [-0.4, -0.2) is 65.1 Å². The summed E-state index contributed by atoms with van der Waals surface area (Å²) in [5, 5.41) is 19.1. The van der Waals surface area contributed by atoms with Gasteiger partial charge in [0.05, 0.1) is 5.39 Å². The van der Waals surface area contributed by atoms with Crippen molar-refractivity contribution in [1.82, 2.24) is 0 Å². The number of rotatable bonds is 7. The molecule has 0 bridgehead atoms. The fraction of sp³-hybridized carbons (Fsp3) is 0.158. The first-order valence-electron chi connectivity index (χ1n) is 7.83. The summed E-state index contributed by atoms with van der Waals surface area (Å²) >= 11 is 0. The van der Waals surface area contributed by atoms with Crippen molar-refractivity contribution in [2.45, 2.75) is 6.10 Å². The zero-order chi connectivity index (χ0) is 18.5. The molecule has 135 valence electrons. The van der Waals surface area contributed by atoms with Gasteiger partial charge in [-0.05, 0) is 24.3 Å². The van der Waals surface area contributed by atoms with Crippen molar-refractivity contribution in [2.75, 3.05) is 13.2 Å². The summed E-state index contributed by atoms with van der Waals surface area (Å²) < 4.78 is 16.1. The Morgan fingerprint density at radius 3 is 2.33 bits per heavy atom. The summed E-state index contributed by atoms with van der Waals surface area (Å²) in [5.41, 5.74) is -0.353. The SMILES string of the molecule is O=C(O)c1cc(=O)c2ccc(OCC(O)COc3ccccc3)cc2o1.[Na]. The van der Waals surface area contributed by atoms with Crippen molar-refractivity contribution in [3.63, 3.8) is 0 Å². The number of carboxylic acid groups (broad SMARTS) is 1. The molecule has 1 unspecified atom stereocenters. The van der Waals surface area contributed by atoms with Gasteiger partial charge in [0.2, 0.25) is 5.76 Å². The topological polar surface area (TPSA) is 106 Å². The summed E-state index contributed by atoms with van der Waals surface area (Å²) in [7, 11) is 0. The molecule has 0 amide bonds. The van der Waals surface area contributed by atoms with E-state index in [-0.39, 0.29) is 53.7 Å². The minimum atomic E-state index is -1.33. The summed E-state index contributed by atoms with van der Waals surface area (Å²) in [6.07, 6.45) is -0.872. The second-order valence-electron chi connectivity index (χ2n) is 5.53. The van der Waals surface area contributed by atoms with Crippen LogP contribution in [0.4, 0.5) is 0 Å². The van der Waals surface area contributed by atoms with Crippen LogP contribution in [0.2, 0.25) is 0 Å². The van der Waals surface area contributed by atoms with E-state index in [4.69, 9.17) is 19.0 Å². The largest absolute Gasteiger partial charge is 0.491 e. The Hall–Kier alpha value is -2.32. The minimum absolute atomic E-state index is 0. The average molecular weight is 379 g/mol. The Bertz CT molecular complexity index is 969. The van der Waals surface area contributed by atoms with Gasteiger partial charge in [-0.2, -0.15) is 0 Å². The summed E-state index contributed by atoms with van der Waals surface area (Å²) in [6, 6.07) is 14.4. The Morgan fingerprint density at radius 2 is 1.67 bits per heavy atom. The molecule has 27 heavy (non-hydrogen) atoms. The Kier molecular flexibility index (Phi) is 7.44. The first kappa shape index (κ1) is 21.0. The second-order valence-corrected chi connectivity index (χ2v) is 5.53. The molecule has 1 aromatic heterocycles. The van der Waals surface area contributed by atoms with Crippen LogP contribution < -0.4 is 14.9 Å². The summed E-state index contributed by atoms with van der Waals surface area (Å²) in [5.74, 6) is -0.804. The molecule has 2 N–H and O–H groups in total. The van der Waals surface area contributed by atoms with Crippen LogP contribution in [0.15, 0.2) is 63.8 Å². The van der Waals surface area contributed by atoms with Gasteiger partial charge >= 0.3 is 5.97 Å². The molecule has 2 aromatic carbocycles. The average Bonchev–Trinajstić information content (AvgIpc) is 2.65. The first-order valence-corrected chi connectivity index (χ1v) is 7.83. The number of para-hydroxylation sites is 1. The first-order chi connectivity index (χ1) is 12.5. The third-order valence-electron chi connectivity index (χ3n) is 3.54. The van der Waals surface area contributed by atoms with Crippen LogP contribution in [0.25, 0.3) is 11.0 Å². The van der Waals surface area contributed by atoms with Crippen molar-refractivity contribution >= 4 is 46.5 Å². The number of ether oxygens (including phenoxy) is 2. The predicted molar refractivity (Wildman–Crippen MR) is 98.6 cm³/mol. The molecular weight excluding hydrogens is 363 g/mol. The van der Waals surface area contributed by atoms with E-state index in [1.165, 1.54) is 12.1 Å². The Balaban J connectivity index is 0.00000261. The van der Waals surface area contributed by atoms with Crippen molar-refractivity contribution < 1.29 is 28.9 Å². The van der Waals surface area contributed by atoms with E-state index in [2.05, 4.69) is 0 Å². The zero-order valence-corrected chi connectivity index (χ0v) is 16.6. The number of aliphatic hydroxyl groups is 1. The number of benzene rings is 2. The number of aromatic carboxylic acids is 1. The van der Waals surface area contributed by atoms with Gasteiger partial charge in [0, 0.05) is 41.7 Å². The maximum Gasteiger partial charge on any atom is 0.371 e. The molecule has 7 nitrogen and oxygen atoms in total. The molecular formula is C19H16NaO7. The van der Waals surface area contributed by atoms with Crippen LogP contribution in [0.5, 0.6) is 11.5 Å². The zero-order valence-electron chi connectivity index (χ0n) is 14.6. The van der Waals surface area contributed by atoms with Crippen molar-refractivity contribution in [3.8, 4) is 11.5 Å². The summed E-state index contributed by atoms with van der Waals surface area (Å²) in [6.45, 7) is 0.0109. The van der Waals surface area contributed by atoms with Gasteiger partial charge in [0.1, 0.15) is 36.4 Å². The quantitative estimate of drug-likeness (QED) is 0.604. The fourth-order valence-electron chi connectivity index (χ4n) is 2.28. The number of hydrogen-bond acceptors (Lipinski definition) is 6. The molecule has 0 aliphatic carbocycles. The Labute approximate surface area is 176 Å². The van der Waals surface area contributed by atoms with Crippen molar-refractivity contribution in [1.29, 1.82) is 0 Å². The molecule has 0 saturated heterocycles. The molecule has 3 rings (SSSR count). The molecule has 1 heterocycles. The number of carboxylic acids is 1. The second kappa shape index (κ2) is 9.57. The van der Waals surface area contributed by atoms with Crippen LogP contribution in [-0.2, 0) is 0 Å². The summed E-state index contributed by atoms with van der Waals surface area (Å²) in [4.78, 5) is 22.9. The normalized spacial score (nSPS) is 11.4. The Morgan fingerprint density at radius 1 is 1.00 bits per heavy atom. The third-order valence-corrected chi connectivity index (χ3v) is 3.54. The standard InChI is InChI=1S/C19H16O7.Na/c20-12(10-24-13-4-2-1-3-5-13)11-25-14-6-7-15-16(21)9-18(19(22)23)26-17(15)8-14;/h1-9,12,20H,10-11H2,(H,22,23);. The molecule has 1 atom stereocenters. The maximum atomic E-state index is 11.9. The van der Waals surface area contributed by atoms with E-state index in [1.807, 2.05) is 18.2 Å². The van der Waals surface area contributed by atoms with E-state index >= 15 is 0 Å². The van der Waals surface area contributed by atoms with Crippen molar-refractivity contribution in [2.24, 2.45) is 0 Å². The van der Waals surface area contributed by atoms with Gasteiger partial charge in [-0.3, -0.25) is 4.79 Å². The fourth-order valence-corrected chi connectivity index (χ4v) is 2.28. The van der Waals surface area contributed by atoms with Gasteiger partial charge < -0.3 is 24.1 Å². The number of hydrogen-bond donors (Lipinski definition) is 2. The molecule has 0 spiro atoms. The van der Waals surface area contributed by atoms with Gasteiger partial charge in [0.15, 0.2) is 5.43 Å². The van der Waals surface area contributed by atoms with Crippen molar-refractivity contribution in [3.05, 3.63) is 70.6 Å². The van der Waals surface area contributed by atoms with E-state index in [9.17, 15) is 14.7 Å². The van der Waals surface area contributed by atoms with E-state index in [0.717, 1.165) is 6.07 Å². The molecule has 0 aliphatic rings. The van der Waals surface area contributed by atoms with Gasteiger partial charge in [-0.25, -0.2) is 4.79 Å². The molecule has 0 aliphatic heterocycles. The number of carbonyl (C=O) groups is 1. The van der Waals surface area contributed by atoms with Crippen LogP contribution in [0.1, 0.15) is 10.6 Å². The maximum absolute atomic E-state index is 11.9. The third kappa shape index (κ3) is 5.58. The minimum Gasteiger partial charge on any atom is -0.491 e. The number of fused-ring (bicyclic) bond motifs is 1. The molecule has 8 heteroatoms. The van der Waals surface area contributed by atoms with Crippen LogP contribution in [0, 0.1) is 0 Å². The van der Waals surface area contributed by atoms with E-state index < -0.39 is 23.3 Å². The smallest absolute Gasteiger partial charge is 0.371 e. The monoisotopic (exact) mass is 379 g/mol. The van der Waals surface area contributed by atoms with Crippen LogP contribution >= 0.6 is 0 Å². The molecule has 0 fully saturated rings. The number of aliphatic hydroxyl groups excluding tert-OH is 1.